The number of aliphatic hydroxyl groups is 1. The number of hydrogen-bond acceptors (Lipinski definition) is 1. The number of rotatable bonds is 3. The molecule has 0 fully saturated rings. The molecule has 0 amide bonds. The minimum absolute atomic E-state index is 0.0101. The zero-order chi connectivity index (χ0) is 11.7. The molecular formula is C12H16F2O. The van der Waals surface area contributed by atoms with Gasteiger partial charge in [-0.25, -0.2) is 8.78 Å². The van der Waals surface area contributed by atoms with Gasteiger partial charge >= 0.3 is 0 Å². The Kier molecular flexibility index (Phi) is 3.14. The lowest BCUT2D eigenvalue weighted by Crippen LogP contribution is -2.26. The van der Waals surface area contributed by atoms with Crippen LogP contribution in [0.15, 0.2) is 24.3 Å². The Morgan fingerprint density at radius 1 is 1.07 bits per heavy atom. The van der Waals surface area contributed by atoms with Crippen molar-refractivity contribution in [2.45, 2.75) is 32.1 Å². The van der Waals surface area contributed by atoms with Crippen molar-refractivity contribution in [3.8, 4) is 0 Å². The molecule has 84 valence electrons. The number of benzene rings is 1. The molecular weight excluding hydrogens is 198 g/mol. The summed E-state index contributed by atoms with van der Waals surface area (Å²) in [5.74, 6) is -2.87. The van der Waals surface area contributed by atoms with Crippen LogP contribution in [-0.4, -0.2) is 11.7 Å². The summed E-state index contributed by atoms with van der Waals surface area (Å²) in [6.45, 7) is 4.22. The third-order valence-corrected chi connectivity index (χ3v) is 2.52. The van der Waals surface area contributed by atoms with Crippen molar-refractivity contribution in [1.29, 1.82) is 0 Å². The monoisotopic (exact) mass is 214 g/mol. The lowest BCUT2D eigenvalue weighted by atomic mass is 9.81. The van der Waals surface area contributed by atoms with Gasteiger partial charge in [0.1, 0.15) is 0 Å². The number of hydrogen-bond donors (Lipinski definition) is 1. The van der Waals surface area contributed by atoms with E-state index in [1.807, 2.05) is 0 Å². The van der Waals surface area contributed by atoms with Crippen LogP contribution in [0.4, 0.5) is 8.78 Å². The maximum absolute atomic E-state index is 13.3. The van der Waals surface area contributed by atoms with Gasteiger partial charge in [0, 0.05) is 17.9 Å². The lowest BCUT2D eigenvalue weighted by Gasteiger charge is -2.27. The summed E-state index contributed by atoms with van der Waals surface area (Å²) < 4.78 is 26.6. The van der Waals surface area contributed by atoms with Gasteiger partial charge in [-0.05, 0) is 5.56 Å². The third-order valence-electron chi connectivity index (χ3n) is 2.52. The Labute approximate surface area is 88.7 Å². The second-order valence-electron chi connectivity index (χ2n) is 4.48. The molecule has 0 radical (unpaired) electrons. The van der Waals surface area contributed by atoms with Crippen molar-refractivity contribution < 1.29 is 13.9 Å². The summed E-state index contributed by atoms with van der Waals surface area (Å²) in [7, 11) is 0. The van der Waals surface area contributed by atoms with Gasteiger partial charge in [0.25, 0.3) is 5.92 Å². The van der Waals surface area contributed by atoms with Gasteiger partial charge < -0.3 is 5.11 Å². The summed E-state index contributed by atoms with van der Waals surface area (Å²) in [5.41, 5.74) is -0.153. The topological polar surface area (TPSA) is 20.2 Å². The Hall–Kier alpha value is -0.960. The first kappa shape index (κ1) is 12.1. The van der Waals surface area contributed by atoms with Crippen LogP contribution in [0.1, 0.15) is 31.9 Å². The predicted molar refractivity (Wildman–Crippen MR) is 56.1 cm³/mol. The SMILES string of the molecule is CC(F)(F)c1ccccc1C(C)(C)CO. The maximum atomic E-state index is 13.3. The van der Waals surface area contributed by atoms with E-state index in [4.69, 9.17) is 0 Å². The van der Waals surface area contributed by atoms with E-state index in [-0.39, 0.29) is 12.2 Å². The molecule has 1 nitrogen and oxygen atoms in total. The van der Waals surface area contributed by atoms with Crippen LogP contribution in [-0.2, 0) is 11.3 Å². The highest BCUT2D eigenvalue weighted by atomic mass is 19.3. The highest BCUT2D eigenvalue weighted by molar-refractivity contribution is 5.36. The molecule has 1 aromatic rings. The molecule has 0 heterocycles. The standard InChI is InChI=1S/C12H16F2O/c1-11(2,8-15)9-6-4-5-7-10(9)12(3,13)14/h4-7,15H,8H2,1-3H3. The fraction of sp³-hybridized carbons (Fsp3) is 0.500. The highest BCUT2D eigenvalue weighted by Crippen LogP contribution is 2.35. The highest BCUT2D eigenvalue weighted by Gasteiger charge is 2.32. The quantitative estimate of drug-likeness (QED) is 0.819. The van der Waals surface area contributed by atoms with Crippen LogP contribution in [0.5, 0.6) is 0 Å². The second kappa shape index (κ2) is 3.89. The lowest BCUT2D eigenvalue weighted by molar-refractivity contribution is 0.0150. The zero-order valence-corrected chi connectivity index (χ0v) is 9.22. The van der Waals surface area contributed by atoms with E-state index in [2.05, 4.69) is 0 Å². The Morgan fingerprint density at radius 2 is 1.53 bits per heavy atom. The van der Waals surface area contributed by atoms with Crippen LogP contribution in [0, 0.1) is 0 Å². The van der Waals surface area contributed by atoms with Crippen molar-refractivity contribution in [2.75, 3.05) is 6.61 Å². The van der Waals surface area contributed by atoms with E-state index in [1.54, 1.807) is 32.0 Å². The van der Waals surface area contributed by atoms with Crippen LogP contribution in [0.3, 0.4) is 0 Å². The molecule has 1 aromatic carbocycles. The first-order valence-electron chi connectivity index (χ1n) is 4.88. The van der Waals surface area contributed by atoms with Gasteiger partial charge in [-0.15, -0.1) is 0 Å². The maximum Gasteiger partial charge on any atom is 0.270 e. The van der Waals surface area contributed by atoms with Crippen LogP contribution in [0.2, 0.25) is 0 Å². The van der Waals surface area contributed by atoms with Gasteiger partial charge in [0.05, 0.1) is 6.61 Å². The molecule has 0 aliphatic heterocycles. The molecule has 15 heavy (non-hydrogen) atoms. The molecule has 0 atom stereocenters. The Balaban J connectivity index is 3.31. The first-order valence-corrected chi connectivity index (χ1v) is 4.88. The molecule has 0 saturated carbocycles. The fourth-order valence-electron chi connectivity index (χ4n) is 1.54. The number of aliphatic hydroxyl groups excluding tert-OH is 1. The minimum atomic E-state index is -2.87. The summed E-state index contributed by atoms with van der Waals surface area (Å²) in [4.78, 5) is 0. The van der Waals surface area contributed by atoms with E-state index in [0.29, 0.717) is 5.56 Å². The summed E-state index contributed by atoms with van der Waals surface area (Å²) >= 11 is 0. The molecule has 0 aromatic heterocycles. The average molecular weight is 214 g/mol. The second-order valence-corrected chi connectivity index (χ2v) is 4.48. The van der Waals surface area contributed by atoms with E-state index >= 15 is 0 Å². The third kappa shape index (κ3) is 2.53. The van der Waals surface area contributed by atoms with E-state index in [0.717, 1.165) is 6.92 Å². The smallest absolute Gasteiger partial charge is 0.270 e. The minimum Gasteiger partial charge on any atom is -0.395 e. The average Bonchev–Trinajstić information content (AvgIpc) is 2.16. The van der Waals surface area contributed by atoms with Gasteiger partial charge in [-0.2, -0.15) is 0 Å². The number of alkyl halides is 2. The van der Waals surface area contributed by atoms with Gasteiger partial charge in [-0.3, -0.25) is 0 Å². The normalized spacial score (nSPS) is 12.9. The molecule has 3 heteroatoms. The van der Waals surface area contributed by atoms with Crippen molar-refractivity contribution in [1.82, 2.24) is 0 Å². The van der Waals surface area contributed by atoms with Gasteiger partial charge in [0.2, 0.25) is 0 Å². The van der Waals surface area contributed by atoms with Crippen LogP contribution < -0.4 is 0 Å². The molecule has 1 rings (SSSR count). The number of halogens is 2. The van der Waals surface area contributed by atoms with Crippen LogP contribution in [0.25, 0.3) is 0 Å². The molecule has 1 N–H and O–H groups in total. The summed E-state index contributed by atoms with van der Waals surface area (Å²) in [5, 5.41) is 9.19. The molecule has 0 saturated heterocycles. The fourth-order valence-corrected chi connectivity index (χ4v) is 1.54. The van der Waals surface area contributed by atoms with Crippen molar-refractivity contribution in [2.24, 2.45) is 0 Å². The predicted octanol–water partition coefficient (Wildman–Crippen LogP) is 3.07. The Bertz CT molecular complexity index is 340. The van der Waals surface area contributed by atoms with E-state index in [1.165, 1.54) is 6.07 Å². The molecule has 0 unspecified atom stereocenters. The summed E-state index contributed by atoms with van der Waals surface area (Å²) in [6.07, 6.45) is 0. The van der Waals surface area contributed by atoms with Crippen molar-refractivity contribution in [3.63, 3.8) is 0 Å². The van der Waals surface area contributed by atoms with Crippen molar-refractivity contribution >= 4 is 0 Å². The van der Waals surface area contributed by atoms with Gasteiger partial charge in [-0.1, -0.05) is 38.1 Å². The molecule has 0 aliphatic rings. The van der Waals surface area contributed by atoms with Gasteiger partial charge in [0.15, 0.2) is 0 Å². The first-order chi connectivity index (χ1) is 6.79. The summed E-state index contributed by atoms with van der Waals surface area (Å²) in [6, 6.07) is 6.35. The molecule has 0 bridgehead atoms. The van der Waals surface area contributed by atoms with E-state index in [9.17, 15) is 13.9 Å². The zero-order valence-electron chi connectivity index (χ0n) is 9.22. The largest absolute Gasteiger partial charge is 0.395 e. The van der Waals surface area contributed by atoms with E-state index < -0.39 is 11.3 Å². The molecule has 0 spiro atoms. The van der Waals surface area contributed by atoms with Crippen LogP contribution >= 0.6 is 0 Å². The van der Waals surface area contributed by atoms with Crippen molar-refractivity contribution in [3.05, 3.63) is 35.4 Å². The molecule has 0 aliphatic carbocycles. The Morgan fingerprint density at radius 3 is 1.93 bits per heavy atom.